The molecule has 1 aromatic heterocycles. The minimum Gasteiger partial charge on any atom is -0.369 e. The third kappa shape index (κ3) is 2.29. The standard InChI is InChI=1S/C16H12FN3O/c17-13-8-4-7-12(14(13)20-10-9-19-16(20)18)15(21)11-5-2-1-3-6-11/h1-10H,(H2,18,19). The van der Waals surface area contributed by atoms with Crippen molar-refractivity contribution in [3.05, 3.63) is 77.9 Å². The molecule has 0 fully saturated rings. The molecule has 2 N–H and O–H groups in total. The number of halogens is 1. The molecule has 0 aliphatic rings. The Labute approximate surface area is 120 Å². The van der Waals surface area contributed by atoms with Gasteiger partial charge in [0.25, 0.3) is 0 Å². The lowest BCUT2D eigenvalue weighted by atomic mass is 10.0. The predicted octanol–water partition coefficient (Wildman–Crippen LogP) is 2.82. The largest absolute Gasteiger partial charge is 0.369 e. The van der Waals surface area contributed by atoms with Crippen LogP contribution < -0.4 is 5.73 Å². The first-order chi connectivity index (χ1) is 10.2. The molecule has 0 radical (unpaired) electrons. The number of imidazole rings is 1. The number of anilines is 1. The van der Waals surface area contributed by atoms with Gasteiger partial charge in [-0.25, -0.2) is 9.37 Å². The zero-order chi connectivity index (χ0) is 14.8. The molecular weight excluding hydrogens is 269 g/mol. The Bertz CT molecular complexity index is 796. The Balaban J connectivity index is 2.19. The summed E-state index contributed by atoms with van der Waals surface area (Å²) in [6.07, 6.45) is 2.98. The molecule has 0 spiro atoms. The van der Waals surface area contributed by atoms with E-state index in [1.165, 1.54) is 29.1 Å². The molecule has 4 nitrogen and oxygen atoms in total. The summed E-state index contributed by atoms with van der Waals surface area (Å²) in [6.45, 7) is 0. The smallest absolute Gasteiger partial charge is 0.204 e. The Kier molecular flexibility index (Phi) is 3.23. The fraction of sp³-hybridized carbons (Fsp3) is 0. The van der Waals surface area contributed by atoms with Crippen LogP contribution in [0.3, 0.4) is 0 Å². The number of nitrogen functional groups attached to an aromatic ring is 1. The van der Waals surface area contributed by atoms with E-state index in [1.54, 1.807) is 30.3 Å². The first kappa shape index (κ1) is 13.1. The lowest BCUT2D eigenvalue weighted by molar-refractivity contribution is 0.103. The normalized spacial score (nSPS) is 10.5. The van der Waals surface area contributed by atoms with Crippen molar-refractivity contribution in [1.29, 1.82) is 0 Å². The highest BCUT2D eigenvalue weighted by Gasteiger charge is 2.19. The van der Waals surface area contributed by atoms with Crippen molar-refractivity contribution in [2.45, 2.75) is 0 Å². The summed E-state index contributed by atoms with van der Waals surface area (Å²) in [7, 11) is 0. The molecule has 104 valence electrons. The van der Waals surface area contributed by atoms with Gasteiger partial charge in [-0.3, -0.25) is 9.36 Å². The highest BCUT2D eigenvalue weighted by Crippen LogP contribution is 2.23. The van der Waals surface area contributed by atoms with Crippen LogP contribution in [0.1, 0.15) is 15.9 Å². The fourth-order valence-corrected chi connectivity index (χ4v) is 2.19. The summed E-state index contributed by atoms with van der Waals surface area (Å²) in [4.78, 5) is 16.5. The molecule has 3 aromatic rings. The van der Waals surface area contributed by atoms with Crippen molar-refractivity contribution in [2.24, 2.45) is 0 Å². The van der Waals surface area contributed by atoms with Crippen LogP contribution in [0.25, 0.3) is 5.69 Å². The Morgan fingerprint density at radius 3 is 2.52 bits per heavy atom. The average molecular weight is 281 g/mol. The number of aromatic nitrogens is 2. The second-order valence-electron chi connectivity index (χ2n) is 4.49. The Morgan fingerprint density at radius 1 is 1.10 bits per heavy atom. The van der Waals surface area contributed by atoms with Crippen LogP contribution in [-0.2, 0) is 0 Å². The second kappa shape index (κ2) is 5.20. The van der Waals surface area contributed by atoms with Gasteiger partial charge in [-0.1, -0.05) is 36.4 Å². The molecule has 0 saturated heterocycles. The maximum absolute atomic E-state index is 14.2. The molecule has 0 aliphatic heterocycles. The quantitative estimate of drug-likeness (QED) is 0.751. The van der Waals surface area contributed by atoms with Crippen LogP contribution in [0.5, 0.6) is 0 Å². The lowest BCUT2D eigenvalue weighted by Gasteiger charge is -2.12. The van der Waals surface area contributed by atoms with E-state index >= 15 is 0 Å². The molecular formula is C16H12FN3O. The van der Waals surface area contributed by atoms with Gasteiger partial charge < -0.3 is 5.73 Å². The van der Waals surface area contributed by atoms with Gasteiger partial charge >= 0.3 is 0 Å². The molecule has 21 heavy (non-hydrogen) atoms. The van der Waals surface area contributed by atoms with Crippen LogP contribution in [0.4, 0.5) is 10.3 Å². The summed E-state index contributed by atoms with van der Waals surface area (Å²) in [5.41, 5.74) is 6.57. The van der Waals surface area contributed by atoms with Gasteiger partial charge in [0.05, 0.1) is 5.69 Å². The average Bonchev–Trinajstić information content (AvgIpc) is 2.93. The molecule has 3 rings (SSSR count). The van der Waals surface area contributed by atoms with Crippen LogP contribution in [-0.4, -0.2) is 15.3 Å². The molecule has 0 amide bonds. The summed E-state index contributed by atoms with van der Waals surface area (Å²) in [6, 6.07) is 13.1. The van der Waals surface area contributed by atoms with Gasteiger partial charge in [0.15, 0.2) is 5.78 Å². The molecule has 1 heterocycles. The van der Waals surface area contributed by atoms with Crippen molar-refractivity contribution in [3.8, 4) is 5.69 Å². The first-order valence-corrected chi connectivity index (χ1v) is 6.36. The van der Waals surface area contributed by atoms with E-state index in [2.05, 4.69) is 4.98 Å². The number of carbonyl (C=O) groups excluding carboxylic acids is 1. The van der Waals surface area contributed by atoms with E-state index in [1.807, 2.05) is 6.07 Å². The van der Waals surface area contributed by atoms with Crippen molar-refractivity contribution < 1.29 is 9.18 Å². The van der Waals surface area contributed by atoms with Crippen molar-refractivity contribution in [3.63, 3.8) is 0 Å². The van der Waals surface area contributed by atoms with Gasteiger partial charge in [0.1, 0.15) is 5.82 Å². The maximum Gasteiger partial charge on any atom is 0.204 e. The van der Waals surface area contributed by atoms with E-state index in [0.29, 0.717) is 5.56 Å². The van der Waals surface area contributed by atoms with E-state index in [-0.39, 0.29) is 23.0 Å². The number of ketones is 1. The van der Waals surface area contributed by atoms with Crippen molar-refractivity contribution in [1.82, 2.24) is 9.55 Å². The number of para-hydroxylation sites is 1. The minimum atomic E-state index is -0.526. The molecule has 5 heteroatoms. The van der Waals surface area contributed by atoms with Gasteiger partial charge in [-0.05, 0) is 12.1 Å². The monoisotopic (exact) mass is 281 g/mol. The third-order valence-electron chi connectivity index (χ3n) is 3.18. The van der Waals surface area contributed by atoms with Gasteiger partial charge in [0.2, 0.25) is 5.95 Å². The third-order valence-corrected chi connectivity index (χ3v) is 3.18. The fourth-order valence-electron chi connectivity index (χ4n) is 2.19. The van der Waals surface area contributed by atoms with Crippen LogP contribution in [0.15, 0.2) is 60.9 Å². The SMILES string of the molecule is Nc1nccn1-c1c(F)cccc1C(=O)c1ccccc1. The molecule has 0 saturated carbocycles. The van der Waals surface area contributed by atoms with Gasteiger partial charge in [-0.15, -0.1) is 0 Å². The topological polar surface area (TPSA) is 60.9 Å². The number of nitrogens with two attached hydrogens (primary N) is 1. The van der Waals surface area contributed by atoms with Crippen molar-refractivity contribution >= 4 is 11.7 Å². The zero-order valence-electron chi connectivity index (χ0n) is 11.0. The highest BCUT2D eigenvalue weighted by molar-refractivity contribution is 6.11. The number of hydrogen-bond acceptors (Lipinski definition) is 3. The molecule has 2 aromatic carbocycles. The van der Waals surface area contributed by atoms with Gasteiger partial charge in [-0.2, -0.15) is 0 Å². The molecule has 0 atom stereocenters. The first-order valence-electron chi connectivity index (χ1n) is 6.36. The number of hydrogen-bond donors (Lipinski definition) is 1. The molecule has 0 unspecified atom stereocenters. The predicted molar refractivity (Wildman–Crippen MR) is 77.8 cm³/mol. The highest BCUT2D eigenvalue weighted by atomic mass is 19.1. The summed E-state index contributed by atoms with van der Waals surface area (Å²) >= 11 is 0. The Hall–Kier alpha value is -2.95. The number of rotatable bonds is 3. The zero-order valence-corrected chi connectivity index (χ0v) is 11.0. The van der Waals surface area contributed by atoms with Crippen LogP contribution in [0.2, 0.25) is 0 Å². The molecule has 0 bridgehead atoms. The van der Waals surface area contributed by atoms with Crippen molar-refractivity contribution in [2.75, 3.05) is 5.73 Å². The summed E-state index contributed by atoms with van der Waals surface area (Å²) < 4.78 is 15.6. The molecule has 0 aliphatic carbocycles. The summed E-state index contributed by atoms with van der Waals surface area (Å²) in [5.74, 6) is -0.665. The number of benzene rings is 2. The van der Waals surface area contributed by atoms with Gasteiger partial charge in [0, 0.05) is 23.5 Å². The van der Waals surface area contributed by atoms with E-state index in [0.717, 1.165) is 0 Å². The van der Waals surface area contributed by atoms with E-state index < -0.39 is 5.82 Å². The van der Waals surface area contributed by atoms with E-state index in [9.17, 15) is 9.18 Å². The maximum atomic E-state index is 14.2. The lowest BCUT2D eigenvalue weighted by Crippen LogP contribution is -2.11. The minimum absolute atomic E-state index is 0.112. The number of nitrogens with zero attached hydrogens (tertiary/aromatic N) is 2. The second-order valence-corrected chi connectivity index (χ2v) is 4.49. The van der Waals surface area contributed by atoms with E-state index in [4.69, 9.17) is 5.73 Å². The summed E-state index contributed by atoms with van der Waals surface area (Å²) in [5, 5.41) is 0. The number of carbonyl (C=O) groups is 1. The van der Waals surface area contributed by atoms with Crippen LogP contribution >= 0.6 is 0 Å². The Morgan fingerprint density at radius 2 is 1.86 bits per heavy atom. The van der Waals surface area contributed by atoms with Crippen LogP contribution in [0, 0.1) is 5.82 Å².